The second-order valence-corrected chi connectivity index (χ2v) is 5.34. The van der Waals surface area contributed by atoms with E-state index in [1.165, 1.54) is 26.2 Å². The lowest BCUT2D eigenvalue weighted by Crippen LogP contribution is -2.30. The Bertz CT molecular complexity index is 815. The van der Waals surface area contributed by atoms with E-state index in [1.807, 2.05) is 0 Å². The molecule has 0 aliphatic rings. The average molecular weight is 359 g/mol. The topological polar surface area (TPSA) is 122 Å². The van der Waals surface area contributed by atoms with Gasteiger partial charge in [-0.2, -0.15) is 0 Å². The van der Waals surface area contributed by atoms with Crippen molar-refractivity contribution in [2.24, 2.45) is 0 Å². The van der Waals surface area contributed by atoms with Crippen molar-refractivity contribution in [1.82, 2.24) is 0 Å². The Balaban J connectivity index is 2.15. The van der Waals surface area contributed by atoms with Gasteiger partial charge in [-0.05, 0) is 37.3 Å². The van der Waals surface area contributed by atoms with Crippen LogP contribution in [-0.2, 0) is 4.79 Å². The minimum Gasteiger partial charge on any atom is -0.497 e. The molecule has 8 nitrogen and oxygen atoms in total. The molecule has 136 valence electrons. The lowest BCUT2D eigenvalue weighted by atomic mass is 10.1. The van der Waals surface area contributed by atoms with Gasteiger partial charge in [-0.15, -0.1) is 0 Å². The number of methoxy groups -OCH3 is 1. The van der Waals surface area contributed by atoms with Crippen molar-refractivity contribution in [1.29, 1.82) is 0 Å². The zero-order valence-corrected chi connectivity index (χ0v) is 14.1. The van der Waals surface area contributed by atoms with E-state index in [1.54, 1.807) is 24.3 Å². The van der Waals surface area contributed by atoms with Crippen molar-refractivity contribution in [3.63, 3.8) is 0 Å². The standard InChI is InChI=1S/C18H17NO7/c1-10(26-15-5-3-4-14(9-15)25-2)16(20)19-13-7-11(17(21)22)6-12(8-13)18(23)24/h3-10H,1-2H3,(H,19,20)(H,21,22)(H,23,24). The van der Waals surface area contributed by atoms with Gasteiger partial charge < -0.3 is 25.0 Å². The van der Waals surface area contributed by atoms with Crippen LogP contribution in [0.2, 0.25) is 0 Å². The summed E-state index contributed by atoms with van der Waals surface area (Å²) in [4.78, 5) is 34.5. The fourth-order valence-electron chi connectivity index (χ4n) is 2.12. The number of hydrogen-bond acceptors (Lipinski definition) is 5. The fraction of sp³-hybridized carbons (Fsp3) is 0.167. The molecular formula is C18H17NO7. The molecule has 1 atom stereocenters. The minimum atomic E-state index is -1.30. The van der Waals surface area contributed by atoms with Crippen LogP contribution < -0.4 is 14.8 Å². The smallest absolute Gasteiger partial charge is 0.335 e. The van der Waals surface area contributed by atoms with Gasteiger partial charge in [0.2, 0.25) is 0 Å². The Morgan fingerprint density at radius 2 is 1.54 bits per heavy atom. The molecule has 0 spiro atoms. The number of ether oxygens (including phenoxy) is 2. The first-order chi connectivity index (χ1) is 12.3. The van der Waals surface area contributed by atoms with Crippen LogP contribution in [0, 0.1) is 0 Å². The SMILES string of the molecule is COc1cccc(OC(C)C(=O)Nc2cc(C(=O)O)cc(C(=O)O)c2)c1. The molecule has 2 aromatic rings. The zero-order valence-electron chi connectivity index (χ0n) is 14.1. The maximum atomic E-state index is 12.3. The Labute approximate surface area is 149 Å². The lowest BCUT2D eigenvalue weighted by molar-refractivity contribution is -0.122. The summed E-state index contributed by atoms with van der Waals surface area (Å²) in [6.45, 7) is 1.51. The number of hydrogen-bond donors (Lipinski definition) is 3. The average Bonchev–Trinajstić information content (AvgIpc) is 2.61. The largest absolute Gasteiger partial charge is 0.497 e. The second kappa shape index (κ2) is 8.02. The summed E-state index contributed by atoms with van der Waals surface area (Å²) in [6, 6.07) is 10.0. The maximum absolute atomic E-state index is 12.3. The third-order valence-electron chi connectivity index (χ3n) is 3.42. The van der Waals surface area contributed by atoms with E-state index in [4.69, 9.17) is 19.7 Å². The van der Waals surface area contributed by atoms with Gasteiger partial charge in [0, 0.05) is 11.8 Å². The second-order valence-electron chi connectivity index (χ2n) is 5.34. The highest BCUT2D eigenvalue weighted by molar-refractivity contribution is 5.99. The molecule has 1 amide bonds. The molecule has 26 heavy (non-hydrogen) atoms. The summed E-state index contributed by atoms with van der Waals surface area (Å²) < 4.78 is 10.6. The Hall–Kier alpha value is -3.55. The Kier molecular flexibility index (Phi) is 5.79. The number of carbonyl (C=O) groups is 3. The summed E-state index contributed by atoms with van der Waals surface area (Å²) in [5, 5.41) is 20.6. The zero-order chi connectivity index (χ0) is 19.3. The third-order valence-corrected chi connectivity index (χ3v) is 3.42. The maximum Gasteiger partial charge on any atom is 0.335 e. The fourth-order valence-corrected chi connectivity index (χ4v) is 2.12. The molecule has 0 saturated heterocycles. The summed E-state index contributed by atoms with van der Waals surface area (Å²) in [6.07, 6.45) is -0.913. The molecule has 0 aromatic heterocycles. The summed E-state index contributed by atoms with van der Waals surface area (Å²) in [5.41, 5.74) is -0.448. The predicted octanol–water partition coefficient (Wildman–Crippen LogP) is 2.50. The molecule has 0 radical (unpaired) electrons. The normalized spacial score (nSPS) is 11.3. The molecular weight excluding hydrogens is 342 g/mol. The van der Waals surface area contributed by atoms with Crippen molar-refractivity contribution in [2.75, 3.05) is 12.4 Å². The molecule has 0 heterocycles. The molecule has 3 N–H and O–H groups in total. The highest BCUT2D eigenvalue weighted by atomic mass is 16.5. The molecule has 0 saturated carbocycles. The number of amides is 1. The number of aromatic carboxylic acids is 2. The monoisotopic (exact) mass is 359 g/mol. The highest BCUT2D eigenvalue weighted by Gasteiger charge is 2.18. The first-order valence-electron chi connectivity index (χ1n) is 7.53. The summed E-state index contributed by atoms with van der Waals surface area (Å²) in [7, 11) is 1.50. The van der Waals surface area contributed by atoms with Crippen molar-refractivity contribution in [3.8, 4) is 11.5 Å². The van der Waals surface area contributed by atoms with Gasteiger partial charge in [0.15, 0.2) is 6.10 Å². The van der Waals surface area contributed by atoms with Gasteiger partial charge in [0.05, 0.1) is 18.2 Å². The van der Waals surface area contributed by atoms with E-state index < -0.39 is 23.9 Å². The van der Waals surface area contributed by atoms with E-state index in [0.717, 1.165) is 6.07 Å². The Morgan fingerprint density at radius 1 is 0.962 bits per heavy atom. The van der Waals surface area contributed by atoms with Crippen LogP contribution in [0.25, 0.3) is 0 Å². The molecule has 2 rings (SSSR count). The highest BCUT2D eigenvalue weighted by Crippen LogP contribution is 2.21. The van der Waals surface area contributed by atoms with Crippen LogP contribution in [0.3, 0.4) is 0 Å². The number of carboxylic acid groups (broad SMARTS) is 2. The van der Waals surface area contributed by atoms with Crippen LogP contribution in [0.1, 0.15) is 27.6 Å². The first kappa shape index (κ1) is 18.8. The van der Waals surface area contributed by atoms with Crippen molar-refractivity contribution < 1.29 is 34.1 Å². The van der Waals surface area contributed by atoms with E-state index in [9.17, 15) is 14.4 Å². The molecule has 0 bridgehead atoms. The minimum absolute atomic E-state index is 0.0494. The lowest BCUT2D eigenvalue weighted by Gasteiger charge is -2.15. The van der Waals surface area contributed by atoms with Crippen LogP contribution in [0.5, 0.6) is 11.5 Å². The molecule has 8 heteroatoms. The molecule has 1 unspecified atom stereocenters. The van der Waals surface area contributed by atoms with Gasteiger partial charge in [0.1, 0.15) is 11.5 Å². The number of benzene rings is 2. The quantitative estimate of drug-likeness (QED) is 0.694. The molecule has 0 fully saturated rings. The predicted molar refractivity (Wildman–Crippen MR) is 92.1 cm³/mol. The van der Waals surface area contributed by atoms with Gasteiger partial charge in [-0.25, -0.2) is 9.59 Å². The van der Waals surface area contributed by atoms with Gasteiger partial charge in [-0.3, -0.25) is 4.79 Å². The van der Waals surface area contributed by atoms with E-state index in [-0.39, 0.29) is 16.8 Å². The van der Waals surface area contributed by atoms with Gasteiger partial charge >= 0.3 is 11.9 Å². The summed E-state index contributed by atoms with van der Waals surface area (Å²) in [5.74, 6) is -2.19. The van der Waals surface area contributed by atoms with Crippen LogP contribution in [-0.4, -0.2) is 41.3 Å². The molecule has 2 aromatic carbocycles. The van der Waals surface area contributed by atoms with Crippen LogP contribution in [0.15, 0.2) is 42.5 Å². The number of carboxylic acids is 2. The van der Waals surface area contributed by atoms with E-state index in [0.29, 0.717) is 11.5 Å². The molecule has 0 aliphatic carbocycles. The van der Waals surface area contributed by atoms with E-state index in [2.05, 4.69) is 5.32 Å². The number of carbonyl (C=O) groups excluding carboxylic acids is 1. The number of nitrogens with one attached hydrogen (secondary N) is 1. The van der Waals surface area contributed by atoms with Crippen molar-refractivity contribution in [2.45, 2.75) is 13.0 Å². The van der Waals surface area contributed by atoms with Gasteiger partial charge in [-0.1, -0.05) is 6.07 Å². The third kappa shape index (κ3) is 4.73. The van der Waals surface area contributed by atoms with Crippen molar-refractivity contribution >= 4 is 23.5 Å². The van der Waals surface area contributed by atoms with Crippen LogP contribution >= 0.6 is 0 Å². The van der Waals surface area contributed by atoms with Crippen molar-refractivity contribution in [3.05, 3.63) is 53.6 Å². The summed E-state index contributed by atoms with van der Waals surface area (Å²) >= 11 is 0. The first-order valence-corrected chi connectivity index (χ1v) is 7.53. The van der Waals surface area contributed by atoms with Gasteiger partial charge in [0.25, 0.3) is 5.91 Å². The Morgan fingerprint density at radius 3 is 2.08 bits per heavy atom. The van der Waals surface area contributed by atoms with Crippen LogP contribution in [0.4, 0.5) is 5.69 Å². The number of rotatable bonds is 7. The number of anilines is 1. The van der Waals surface area contributed by atoms with E-state index >= 15 is 0 Å². The molecule has 0 aliphatic heterocycles.